The monoisotopic (exact) mass is 380 g/mol. The zero-order valence-electron chi connectivity index (χ0n) is 15.7. The van der Waals surface area contributed by atoms with Gasteiger partial charge in [0.1, 0.15) is 0 Å². The lowest BCUT2D eigenvalue weighted by molar-refractivity contribution is 0.0948. The van der Waals surface area contributed by atoms with Crippen molar-refractivity contribution in [2.75, 3.05) is 5.73 Å². The van der Waals surface area contributed by atoms with Gasteiger partial charge in [-0.15, -0.1) is 5.10 Å². The minimum atomic E-state index is -0.492. The van der Waals surface area contributed by atoms with E-state index in [-0.39, 0.29) is 23.2 Å². The summed E-state index contributed by atoms with van der Waals surface area (Å²) in [6.45, 7) is 5.68. The number of rotatable bonds is 6. The smallest absolute Gasteiger partial charge is 0.293 e. The fourth-order valence-corrected chi connectivity index (χ4v) is 2.56. The van der Waals surface area contributed by atoms with Crippen LogP contribution in [0.2, 0.25) is 0 Å². The SMILES string of the molecule is CC(/C=N\NC(=O)c1nnn(-c2nonc2N)c1C(C)C)=C\c1ccccc1. The zero-order valence-corrected chi connectivity index (χ0v) is 15.7. The van der Waals surface area contributed by atoms with E-state index in [2.05, 4.69) is 35.8 Å². The van der Waals surface area contributed by atoms with Crippen LogP contribution in [0.4, 0.5) is 5.82 Å². The standard InChI is InChI=1S/C18H20N8O2/c1-11(2)15-14(21-25-26(15)17-16(19)23-28-24-17)18(27)22-20-10-12(3)9-13-7-5-4-6-8-13/h4-11H,1-3H3,(H2,19,23)(H,22,27)/b12-9+,20-10-. The molecule has 0 spiro atoms. The van der Waals surface area contributed by atoms with Crippen LogP contribution in [0, 0.1) is 0 Å². The Morgan fingerprint density at radius 1 is 1.29 bits per heavy atom. The van der Waals surface area contributed by atoms with Crippen molar-refractivity contribution < 1.29 is 9.42 Å². The van der Waals surface area contributed by atoms with Crippen LogP contribution in [0.15, 0.2) is 45.6 Å². The Morgan fingerprint density at radius 3 is 2.68 bits per heavy atom. The number of carbonyl (C=O) groups is 1. The van der Waals surface area contributed by atoms with Crippen molar-refractivity contribution in [1.82, 2.24) is 30.7 Å². The van der Waals surface area contributed by atoms with Crippen molar-refractivity contribution in [3.8, 4) is 5.82 Å². The lowest BCUT2D eigenvalue weighted by Crippen LogP contribution is -2.21. The third kappa shape index (κ3) is 4.11. The van der Waals surface area contributed by atoms with E-state index in [1.807, 2.05) is 57.2 Å². The van der Waals surface area contributed by atoms with Gasteiger partial charge in [0.05, 0.1) is 11.9 Å². The van der Waals surface area contributed by atoms with Gasteiger partial charge >= 0.3 is 0 Å². The Balaban J connectivity index is 1.77. The molecule has 0 aliphatic heterocycles. The normalized spacial score (nSPS) is 12.1. The number of benzene rings is 1. The topological polar surface area (TPSA) is 137 Å². The first-order valence-electron chi connectivity index (χ1n) is 8.58. The number of hydrogen-bond acceptors (Lipinski definition) is 8. The Morgan fingerprint density at radius 2 is 2.04 bits per heavy atom. The van der Waals surface area contributed by atoms with Crippen LogP contribution in [0.25, 0.3) is 11.9 Å². The third-order valence-corrected chi connectivity index (χ3v) is 3.79. The van der Waals surface area contributed by atoms with E-state index in [4.69, 9.17) is 5.73 Å². The minimum absolute atomic E-state index is 0.0541. The maximum atomic E-state index is 12.5. The lowest BCUT2D eigenvalue weighted by atomic mass is 10.1. The summed E-state index contributed by atoms with van der Waals surface area (Å²) < 4.78 is 5.94. The number of amides is 1. The molecular weight excluding hydrogens is 360 g/mol. The van der Waals surface area contributed by atoms with Gasteiger partial charge < -0.3 is 5.73 Å². The van der Waals surface area contributed by atoms with Crippen LogP contribution in [0.5, 0.6) is 0 Å². The Hall–Kier alpha value is -3.82. The number of allylic oxidation sites excluding steroid dienone is 1. The first kappa shape index (κ1) is 19.0. The predicted molar refractivity (Wildman–Crippen MR) is 104 cm³/mol. The number of aromatic nitrogens is 5. The first-order valence-corrected chi connectivity index (χ1v) is 8.58. The fourth-order valence-electron chi connectivity index (χ4n) is 2.56. The predicted octanol–water partition coefficient (Wildman–Crippen LogP) is 2.17. The van der Waals surface area contributed by atoms with Crippen LogP contribution in [-0.4, -0.2) is 37.4 Å². The third-order valence-electron chi connectivity index (χ3n) is 3.79. The molecular formula is C18H20N8O2. The molecule has 0 fully saturated rings. The molecule has 1 amide bonds. The van der Waals surface area contributed by atoms with Gasteiger partial charge in [-0.1, -0.05) is 55.5 Å². The van der Waals surface area contributed by atoms with E-state index in [9.17, 15) is 4.79 Å². The highest BCUT2D eigenvalue weighted by molar-refractivity contribution is 5.94. The lowest BCUT2D eigenvalue weighted by Gasteiger charge is -2.08. The molecule has 0 saturated heterocycles. The molecule has 0 unspecified atom stereocenters. The molecule has 3 aromatic rings. The average Bonchev–Trinajstić information content (AvgIpc) is 3.28. The second-order valence-electron chi connectivity index (χ2n) is 6.36. The van der Waals surface area contributed by atoms with Crippen LogP contribution >= 0.6 is 0 Å². The average molecular weight is 380 g/mol. The van der Waals surface area contributed by atoms with Crippen molar-refractivity contribution in [1.29, 1.82) is 0 Å². The maximum absolute atomic E-state index is 12.5. The van der Waals surface area contributed by atoms with Crippen molar-refractivity contribution in [3.05, 3.63) is 52.9 Å². The van der Waals surface area contributed by atoms with Gasteiger partial charge in [0, 0.05) is 0 Å². The van der Waals surface area contributed by atoms with E-state index in [0.29, 0.717) is 5.69 Å². The molecule has 0 atom stereocenters. The van der Waals surface area contributed by atoms with Gasteiger partial charge in [0.2, 0.25) is 11.6 Å². The molecule has 0 aliphatic carbocycles. The molecule has 0 radical (unpaired) electrons. The largest absolute Gasteiger partial charge is 0.378 e. The van der Waals surface area contributed by atoms with E-state index >= 15 is 0 Å². The van der Waals surface area contributed by atoms with Gasteiger partial charge in [-0.05, 0) is 34.3 Å². The Bertz CT molecular complexity index is 1020. The number of hydrogen-bond donors (Lipinski definition) is 2. The van der Waals surface area contributed by atoms with Crippen molar-refractivity contribution >= 4 is 24.0 Å². The van der Waals surface area contributed by atoms with Gasteiger partial charge in [0.25, 0.3) is 5.91 Å². The molecule has 3 N–H and O–H groups in total. The summed E-state index contributed by atoms with van der Waals surface area (Å²) in [7, 11) is 0. The maximum Gasteiger partial charge on any atom is 0.293 e. The van der Waals surface area contributed by atoms with Gasteiger partial charge in [-0.25, -0.2) is 10.1 Å². The van der Waals surface area contributed by atoms with Gasteiger partial charge in [-0.3, -0.25) is 4.79 Å². The number of nitrogens with zero attached hydrogens (tertiary/aromatic N) is 6. The van der Waals surface area contributed by atoms with E-state index in [1.54, 1.807) is 6.21 Å². The number of nitrogens with two attached hydrogens (primary N) is 1. The van der Waals surface area contributed by atoms with Crippen LogP contribution in [0.1, 0.15) is 48.4 Å². The summed E-state index contributed by atoms with van der Waals surface area (Å²) >= 11 is 0. The van der Waals surface area contributed by atoms with E-state index in [1.165, 1.54) is 4.68 Å². The molecule has 28 heavy (non-hydrogen) atoms. The number of nitrogen functional groups attached to an aromatic ring is 1. The van der Waals surface area contributed by atoms with Crippen LogP contribution in [0.3, 0.4) is 0 Å². The quantitative estimate of drug-likeness (QED) is 0.494. The molecule has 10 nitrogen and oxygen atoms in total. The summed E-state index contributed by atoms with van der Waals surface area (Å²) in [6.07, 6.45) is 3.51. The number of hydrazone groups is 1. The molecule has 0 aliphatic rings. The van der Waals surface area contributed by atoms with Crippen LogP contribution < -0.4 is 11.2 Å². The Labute approximate surface area is 161 Å². The highest BCUT2D eigenvalue weighted by atomic mass is 16.6. The Kier molecular flexibility index (Phi) is 5.58. The van der Waals surface area contributed by atoms with Crippen molar-refractivity contribution in [2.24, 2.45) is 5.10 Å². The summed E-state index contributed by atoms with van der Waals surface area (Å²) in [5, 5.41) is 19.1. The summed E-state index contributed by atoms with van der Waals surface area (Å²) in [5.74, 6) is -0.344. The molecule has 10 heteroatoms. The number of anilines is 1. The van der Waals surface area contributed by atoms with E-state index in [0.717, 1.165) is 11.1 Å². The molecule has 2 aromatic heterocycles. The van der Waals surface area contributed by atoms with Crippen molar-refractivity contribution in [2.45, 2.75) is 26.7 Å². The summed E-state index contributed by atoms with van der Waals surface area (Å²) in [4.78, 5) is 12.5. The zero-order chi connectivity index (χ0) is 20.1. The summed E-state index contributed by atoms with van der Waals surface area (Å²) in [6, 6.07) is 9.81. The van der Waals surface area contributed by atoms with E-state index < -0.39 is 5.91 Å². The molecule has 1 aromatic carbocycles. The highest BCUT2D eigenvalue weighted by Crippen LogP contribution is 2.22. The van der Waals surface area contributed by atoms with Gasteiger partial charge in [-0.2, -0.15) is 9.78 Å². The van der Waals surface area contributed by atoms with Crippen molar-refractivity contribution in [3.63, 3.8) is 0 Å². The van der Waals surface area contributed by atoms with Crippen LogP contribution in [-0.2, 0) is 0 Å². The molecule has 2 heterocycles. The minimum Gasteiger partial charge on any atom is -0.378 e. The number of nitrogens with one attached hydrogen (secondary N) is 1. The first-order chi connectivity index (χ1) is 13.5. The molecule has 3 rings (SSSR count). The second-order valence-corrected chi connectivity index (χ2v) is 6.36. The van der Waals surface area contributed by atoms with Gasteiger partial charge in [0.15, 0.2) is 5.69 Å². The highest BCUT2D eigenvalue weighted by Gasteiger charge is 2.25. The fraction of sp³-hybridized carbons (Fsp3) is 0.222. The second kappa shape index (κ2) is 8.25. The molecule has 144 valence electrons. The molecule has 0 saturated carbocycles. The molecule has 0 bridgehead atoms. The summed E-state index contributed by atoms with van der Waals surface area (Å²) in [5.41, 5.74) is 10.7. The number of carbonyl (C=O) groups excluding carboxylic acids is 1.